The molecular formula is C19H24NO4-. The summed E-state index contributed by atoms with van der Waals surface area (Å²) >= 11 is 0. The molecule has 2 unspecified atom stereocenters. The molecule has 0 aliphatic carbocycles. The van der Waals surface area contributed by atoms with Gasteiger partial charge in [0.15, 0.2) is 0 Å². The van der Waals surface area contributed by atoms with E-state index >= 15 is 0 Å². The fourth-order valence-electron chi connectivity index (χ4n) is 3.50. The van der Waals surface area contributed by atoms with E-state index in [2.05, 4.69) is 13.8 Å². The van der Waals surface area contributed by atoms with Gasteiger partial charge in [-0.2, -0.15) is 0 Å². The second kappa shape index (κ2) is 8.08. The van der Waals surface area contributed by atoms with Gasteiger partial charge in [-0.3, -0.25) is 9.59 Å². The number of unbranched alkanes of at least 4 members (excludes halogenated alkanes) is 1. The molecule has 130 valence electrons. The third-order valence-corrected chi connectivity index (χ3v) is 4.70. The molecule has 0 saturated carbocycles. The molecule has 1 saturated heterocycles. The topological polar surface area (TPSA) is 77.5 Å². The van der Waals surface area contributed by atoms with Crippen LogP contribution in [0.2, 0.25) is 0 Å². The van der Waals surface area contributed by atoms with Crippen molar-refractivity contribution in [2.45, 2.75) is 52.4 Å². The van der Waals surface area contributed by atoms with E-state index in [4.69, 9.17) is 0 Å². The van der Waals surface area contributed by atoms with Crippen LogP contribution in [-0.4, -0.2) is 17.8 Å². The van der Waals surface area contributed by atoms with Crippen LogP contribution in [0, 0.1) is 11.8 Å². The van der Waals surface area contributed by atoms with E-state index < -0.39 is 5.97 Å². The number of hydrogen-bond donors (Lipinski definition) is 0. The van der Waals surface area contributed by atoms with Gasteiger partial charge < -0.3 is 9.90 Å². The maximum atomic E-state index is 12.9. The zero-order valence-electron chi connectivity index (χ0n) is 14.3. The SMILES string of the molecule is CCCCC(CCC)C1CC(=O)N(c2ccccc2C(=O)[O-])C1=O. The second-order valence-corrected chi connectivity index (χ2v) is 6.37. The highest BCUT2D eigenvalue weighted by atomic mass is 16.4. The molecule has 1 aliphatic heterocycles. The molecule has 1 heterocycles. The number of carboxylic acid groups (broad SMARTS) is 1. The standard InChI is InChI=1S/C19H25NO4/c1-3-5-9-13(8-4-2)15-12-17(21)20(18(15)22)16-11-7-6-10-14(16)19(23)24/h6-7,10-11,13,15H,3-5,8-9,12H2,1-2H3,(H,23,24)/p-1. The first-order valence-corrected chi connectivity index (χ1v) is 8.68. The Morgan fingerprint density at radius 2 is 1.92 bits per heavy atom. The molecule has 2 amide bonds. The molecule has 2 atom stereocenters. The first kappa shape index (κ1) is 18.2. The summed E-state index contributed by atoms with van der Waals surface area (Å²) in [5.41, 5.74) is 0.00110. The zero-order chi connectivity index (χ0) is 17.7. The van der Waals surface area contributed by atoms with Gasteiger partial charge in [0, 0.05) is 12.0 Å². The van der Waals surface area contributed by atoms with Crippen molar-refractivity contribution < 1.29 is 19.5 Å². The number of benzene rings is 1. The van der Waals surface area contributed by atoms with Crippen LogP contribution >= 0.6 is 0 Å². The predicted octanol–water partition coefficient (Wildman–Crippen LogP) is 2.54. The summed E-state index contributed by atoms with van der Waals surface area (Å²) in [5, 5.41) is 11.3. The van der Waals surface area contributed by atoms with Crippen LogP contribution in [-0.2, 0) is 9.59 Å². The molecule has 1 aromatic carbocycles. The summed E-state index contributed by atoms with van der Waals surface area (Å²) in [7, 11) is 0. The molecule has 0 radical (unpaired) electrons. The van der Waals surface area contributed by atoms with Gasteiger partial charge in [0.25, 0.3) is 0 Å². The van der Waals surface area contributed by atoms with Gasteiger partial charge in [0.2, 0.25) is 11.8 Å². The van der Waals surface area contributed by atoms with Crippen LogP contribution in [0.1, 0.15) is 62.7 Å². The van der Waals surface area contributed by atoms with Crippen molar-refractivity contribution in [3.63, 3.8) is 0 Å². The smallest absolute Gasteiger partial charge is 0.237 e. The number of hydrogen-bond acceptors (Lipinski definition) is 4. The number of imide groups is 1. The Morgan fingerprint density at radius 1 is 1.21 bits per heavy atom. The molecule has 0 spiro atoms. The minimum Gasteiger partial charge on any atom is -0.545 e. The molecule has 1 aliphatic rings. The monoisotopic (exact) mass is 330 g/mol. The van der Waals surface area contributed by atoms with Gasteiger partial charge in [-0.25, -0.2) is 4.90 Å². The summed E-state index contributed by atoms with van der Waals surface area (Å²) in [4.78, 5) is 37.6. The number of aromatic carboxylic acids is 1. The first-order chi connectivity index (χ1) is 11.5. The Bertz CT molecular complexity index is 626. The molecule has 1 aromatic rings. The van der Waals surface area contributed by atoms with E-state index in [9.17, 15) is 19.5 Å². The Balaban J connectivity index is 2.30. The second-order valence-electron chi connectivity index (χ2n) is 6.37. The van der Waals surface area contributed by atoms with Crippen LogP contribution in [0.5, 0.6) is 0 Å². The van der Waals surface area contributed by atoms with Crippen LogP contribution in [0.15, 0.2) is 24.3 Å². The molecule has 1 fully saturated rings. The minimum absolute atomic E-state index is 0.125. The fourth-order valence-corrected chi connectivity index (χ4v) is 3.50. The maximum Gasteiger partial charge on any atom is 0.237 e. The Hall–Kier alpha value is -2.17. The molecule has 5 nitrogen and oxygen atoms in total. The molecule has 0 aromatic heterocycles. The van der Waals surface area contributed by atoms with E-state index in [-0.39, 0.29) is 41.3 Å². The minimum atomic E-state index is -1.38. The Morgan fingerprint density at radius 3 is 2.54 bits per heavy atom. The van der Waals surface area contributed by atoms with Crippen LogP contribution in [0.3, 0.4) is 0 Å². The summed E-state index contributed by atoms with van der Waals surface area (Å²) in [6, 6.07) is 6.03. The summed E-state index contributed by atoms with van der Waals surface area (Å²) < 4.78 is 0. The number of amides is 2. The van der Waals surface area contributed by atoms with Crippen molar-refractivity contribution in [2.24, 2.45) is 11.8 Å². The number of carbonyl (C=O) groups is 3. The predicted molar refractivity (Wildman–Crippen MR) is 89.3 cm³/mol. The van der Waals surface area contributed by atoms with Crippen molar-refractivity contribution in [1.82, 2.24) is 0 Å². The lowest BCUT2D eigenvalue weighted by atomic mass is 9.83. The third kappa shape index (κ3) is 3.66. The quantitative estimate of drug-likeness (QED) is 0.686. The molecule has 2 rings (SSSR count). The highest BCUT2D eigenvalue weighted by Gasteiger charge is 2.43. The molecular weight excluding hydrogens is 306 g/mol. The van der Waals surface area contributed by atoms with E-state index in [1.54, 1.807) is 12.1 Å². The number of nitrogens with zero attached hydrogens (tertiary/aromatic N) is 1. The molecule has 0 bridgehead atoms. The van der Waals surface area contributed by atoms with Crippen LogP contribution < -0.4 is 10.0 Å². The van der Waals surface area contributed by atoms with Gasteiger partial charge in [0.05, 0.1) is 17.6 Å². The lowest BCUT2D eigenvalue weighted by Gasteiger charge is -2.23. The van der Waals surface area contributed by atoms with Crippen LogP contribution in [0.25, 0.3) is 0 Å². The van der Waals surface area contributed by atoms with Gasteiger partial charge in [-0.15, -0.1) is 0 Å². The molecule has 0 N–H and O–H groups in total. The number of rotatable bonds is 8. The Labute approximate surface area is 142 Å². The van der Waals surface area contributed by atoms with E-state index in [1.807, 2.05) is 0 Å². The average Bonchev–Trinajstić information content (AvgIpc) is 2.86. The lowest BCUT2D eigenvalue weighted by Crippen LogP contribution is -2.35. The van der Waals surface area contributed by atoms with Gasteiger partial charge in [0.1, 0.15) is 0 Å². The number of carboxylic acids is 1. The average molecular weight is 330 g/mol. The van der Waals surface area contributed by atoms with Crippen molar-refractivity contribution in [1.29, 1.82) is 0 Å². The molecule has 5 heteroatoms. The van der Waals surface area contributed by atoms with Gasteiger partial charge in [-0.1, -0.05) is 51.3 Å². The first-order valence-electron chi connectivity index (χ1n) is 8.68. The summed E-state index contributed by atoms with van der Waals surface area (Å²) in [6.45, 7) is 4.18. The number of carbonyl (C=O) groups excluding carboxylic acids is 3. The van der Waals surface area contributed by atoms with Crippen LogP contribution in [0.4, 0.5) is 5.69 Å². The molecule has 24 heavy (non-hydrogen) atoms. The van der Waals surface area contributed by atoms with Gasteiger partial charge >= 0.3 is 0 Å². The van der Waals surface area contributed by atoms with Crippen molar-refractivity contribution in [3.8, 4) is 0 Å². The van der Waals surface area contributed by atoms with Gasteiger partial charge in [-0.05, 0) is 24.8 Å². The van der Waals surface area contributed by atoms with E-state index in [0.29, 0.717) is 0 Å². The van der Waals surface area contributed by atoms with E-state index in [1.165, 1.54) is 12.1 Å². The highest BCUT2D eigenvalue weighted by molar-refractivity contribution is 6.22. The van der Waals surface area contributed by atoms with E-state index in [0.717, 1.165) is 37.0 Å². The lowest BCUT2D eigenvalue weighted by molar-refractivity contribution is -0.254. The Kier molecular flexibility index (Phi) is 6.12. The highest BCUT2D eigenvalue weighted by Crippen LogP contribution is 2.36. The third-order valence-electron chi connectivity index (χ3n) is 4.70. The number of anilines is 1. The van der Waals surface area contributed by atoms with Crippen molar-refractivity contribution >= 4 is 23.5 Å². The van der Waals surface area contributed by atoms with Crippen molar-refractivity contribution in [3.05, 3.63) is 29.8 Å². The van der Waals surface area contributed by atoms with Crippen molar-refractivity contribution in [2.75, 3.05) is 4.90 Å². The zero-order valence-corrected chi connectivity index (χ0v) is 14.3. The summed E-state index contributed by atoms with van der Waals surface area (Å²) in [6.07, 6.45) is 5.02. The normalized spacial score (nSPS) is 18.9. The number of para-hydroxylation sites is 1. The summed E-state index contributed by atoms with van der Waals surface area (Å²) in [5.74, 6) is -2.16. The fraction of sp³-hybridized carbons (Fsp3) is 0.526. The maximum absolute atomic E-state index is 12.9. The largest absolute Gasteiger partial charge is 0.545 e.